The number of piperidine rings is 1. The van der Waals surface area contributed by atoms with Crippen LogP contribution in [0.4, 0.5) is 0 Å². The van der Waals surface area contributed by atoms with E-state index < -0.39 is 0 Å². The average molecular weight is 345 g/mol. The summed E-state index contributed by atoms with van der Waals surface area (Å²) in [4.78, 5) is 16.2. The van der Waals surface area contributed by atoms with Crippen molar-refractivity contribution in [1.82, 2.24) is 14.7 Å². The molecule has 0 saturated carbocycles. The second-order valence-electron chi connectivity index (χ2n) is 6.75. The van der Waals surface area contributed by atoms with Crippen LogP contribution in [0.25, 0.3) is 0 Å². The molecule has 2 atom stereocenters. The van der Waals surface area contributed by atoms with Crippen molar-refractivity contribution >= 4 is 17.2 Å². The predicted molar refractivity (Wildman–Crippen MR) is 93.1 cm³/mol. The van der Waals surface area contributed by atoms with Gasteiger partial charge in [-0.3, -0.25) is 9.48 Å². The number of carbonyl (C=O) groups excluding carboxylic acids is 1. The zero-order valence-corrected chi connectivity index (χ0v) is 14.8. The molecule has 0 spiro atoms. The van der Waals surface area contributed by atoms with Crippen molar-refractivity contribution in [2.75, 3.05) is 19.7 Å². The Balaban J connectivity index is 1.42. The number of aromatic nitrogens is 2. The largest absolute Gasteiger partial charge is 0.373 e. The van der Waals surface area contributed by atoms with Crippen molar-refractivity contribution in [3.8, 4) is 0 Å². The van der Waals surface area contributed by atoms with Gasteiger partial charge in [0, 0.05) is 30.6 Å². The van der Waals surface area contributed by atoms with Crippen molar-refractivity contribution in [3.05, 3.63) is 39.8 Å². The zero-order chi connectivity index (χ0) is 16.5. The van der Waals surface area contributed by atoms with Gasteiger partial charge in [0.25, 0.3) is 0 Å². The highest BCUT2D eigenvalue weighted by Crippen LogP contribution is 2.34. The summed E-state index contributed by atoms with van der Waals surface area (Å²) in [5.41, 5.74) is 2.38. The van der Waals surface area contributed by atoms with Crippen molar-refractivity contribution < 1.29 is 9.53 Å². The van der Waals surface area contributed by atoms with Gasteiger partial charge in [-0.2, -0.15) is 5.10 Å². The van der Waals surface area contributed by atoms with Crippen molar-refractivity contribution in [1.29, 1.82) is 0 Å². The minimum atomic E-state index is -0.0696. The molecule has 4 rings (SSSR count). The number of carbonyl (C=O) groups is 1. The van der Waals surface area contributed by atoms with Crippen LogP contribution >= 0.6 is 11.3 Å². The number of thiophene rings is 1. The number of aryl methyl sites for hydroxylation is 1. The number of amides is 1. The summed E-state index contributed by atoms with van der Waals surface area (Å²) in [5.74, 6) is 0.202. The standard InChI is InChI=1S/C18H23N3O2S/c1-13-10-19-21(11-13)14-3-2-6-20(12-14)18(22)9-16-15-5-8-24-17(15)4-7-23-16/h5,8,10-11,14,16H,2-4,6-7,9,12H2,1H3/t14-,16-/m0/s1. The molecule has 1 amide bonds. The molecule has 0 aliphatic carbocycles. The third kappa shape index (κ3) is 3.13. The number of rotatable bonds is 3. The maximum atomic E-state index is 12.8. The van der Waals surface area contributed by atoms with Gasteiger partial charge < -0.3 is 9.64 Å². The Bertz CT molecular complexity index is 723. The molecule has 0 radical (unpaired) electrons. The third-order valence-corrected chi connectivity index (χ3v) is 5.99. The average Bonchev–Trinajstić information content (AvgIpc) is 3.24. The summed E-state index contributed by atoms with van der Waals surface area (Å²) in [6.45, 7) is 4.37. The number of likely N-dealkylation sites (tertiary alicyclic amines) is 1. The second-order valence-corrected chi connectivity index (χ2v) is 7.75. The quantitative estimate of drug-likeness (QED) is 0.859. The van der Waals surface area contributed by atoms with Crippen LogP contribution in [0, 0.1) is 6.92 Å². The second kappa shape index (κ2) is 6.69. The topological polar surface area (TPSA) is 47.4 Å². The summed E-state index contributed by atoms with van der Waals surface area (Å²) in [7, 11) is 0. The lowest BCUT2D eigenvalue weighted by molar-refractivity contribution is -0.136. The minimum absolute atomic E-state index is 0.0696. The Morgan fingerprint density at radius 1 is 1.50 bits per heavy atom. The van der Waals surface area contributed by atoms with Gasteiger partial charge in [0.05, 0.1) is 31.4 Å². The van der Waals surface area contributed by atoms with Gasteiger partial charge in [-0.15, -0.1) is 11.3 Å². The smallest absolute Gasteiger partial charge is 0.225 e. The number of hydrogen-bond acceptors (Lipinski definition) is 4. The minimum Gasteiger partial charge on any atom is -0.373 e. The zero-order valence-electron chi connectivity index (χ0n) is 14.0. The summed E-state index contributed by atoms with van der Waals surface area (Å²) in [5, 5.41) is 6.53. The molecule has 2 aliphatic heterocycles. The van der Waals surface area contributed by atoms with E-state index in [0.717, 1.165) is 39.0 Å². The molecular formula is C18H23N3O2S. The van der Waals surface area contributed by atoms with Gasteiger partial charge in [0.1, 0.15) is 0 Å². The van der Waals surface area contributed by atoms with Crippen LogP contribution in [-0.4, -0.2) is 40.3 Å². The molecule has 6 heteroatoms. The molecule has 2 aromatic rings. The van der Waals surface area contributed by atoms with Crippen LogP contribution in [0.3, 0.4) is 0 Å². The maximum Gasteiger partial charge on any atom is 0.225 e. The Labute approximate surface area is 146 Å². The molecular weight excluding hydrogens is 322 g/mol. The van der Waals surface area contributed by atoms with Gasteiger partial charge in [-0.1, -0.05) is 0 Å². The van der Waals surface area contributed by atoms with E-state index in [9.17, 15) is 4.79 Å². The molecule has 24 heavy (non-hydrogen) atoms. The number of nitrogens with zero attached hydrogens (tertiary/aromatic N) is 3. The molecule has 1 fully saturated rings. The van der Waals surface area contributed by atoms with Gasteiger partial charge >= 0.3 is 0 Å². The predicted octanol–water partition coefficient (Wildman–Crippen LogP) is 3.12. The van der Waals surface area contributed by atoms with Crippen LogP contribution in [0.1, 0.15) is 47.4 Å². The van der Waals surface area contributed by atoms with E-state index in [1.165, 1.54) is 16.0 Å². The normalized spacial score (nSPS) is 24.0. The van der Waals surface area contributed by atoms with Gasteiger partial charge in [0.15, 0.2) is 0 Å². The third-order valence-electron chi connectivity index (χ3n) is 4.99. The molecule has 4 heterocycles. The highest BCUT2D eigenvalue weighted by atomic mass is 32.1. The molecule has 5 nitrogen and oxygen atoms in total. The van der Waals surface area contributed by atoms with Crippen molar-refractivity contribution in [2.45, 2.75) is 44.8 Å². The molecule has 0 N–H and O–H groups in total. The van der Waals surface area contributed by atoms with Gasteiger partial charge in [-0.05, 0) is 42.3 Å². The van der Waals surface area contributed by atoms with Gasteiger partial charge in [0.2, 0.25) is 5.91 Å². The molecule has 1 saturated heterocycles. The fourth-order valence-corrected chi connectivity index (χ4v) is 4.63. The fraction of sp³-hybridized carbons (Fsp3) is 0.556. The first-order valence-corrected chi connectivity index (χ1v) is 9.55. The van der Waals surface area contributed by atoms with Gasteiger partial charge in [-0.25, -0.2) is 0 Å². The molecule has 128 valence electrons. The van der Waals surface area contributed by atoms with E-state index in [2.05, 4.69) is 22.7 Å². The van der Waals surface area contributed by atoms with E-state index in [1.54, 1.807) is 11.3 Å². The Hall–Kier alpha value is -1.66. The molecule has 0 unspecified atom stereocenters. The monoisotopic (exact) mass is 345 g/mol. The first-order valence-electron chi connectivity index (χ1n) is 8.67. The summed E-state index contributed by atoms with van der Waals surface area (Å²) in [6.07, 6.45) is 7.43. The number of fused-ring (bicyclic) bond motifs is 1. The van der Waals surface area contributed by atoms with E-state index in [0.29, 0.717) is 12.5 Å². The first-order chi connectivity index (χ1) is 11.7. The summed E-state index contributed by atoms with van der Waals surface area (Å²) in [6, 6.07) is 2.41. The summed E-state index contributed by atoms with van der Waals surface area (Å²) >= 11 is 1.78. The lowest BCUT2D eigenvalue weighted by Gasteiger charge is -2.34. The van der Waals surface area contributed by atoms with Crippen LogP contribution in [0.2, 0.25) is 0 Å². The van der Waals surface area contributed by atoms with E-state index in [-0.39, 0.29) is 12.0 Å². The van der Waals surface area contributed by atoms with Crippen molar-refractivity contribution in [2.24, 2.45) is 0 Å². The highest BCUT2D eigenvalue weighted by Gasteiger charge is 2.29. The van der Waals surface area contributed by atoms with Crippen LogP contribution in [0.5, 0.6) is 0 Å². The van der Waals surface area contributed by atoms with E-state index >= 15 is 0 Å². The number of ether oxygens (including phenoxy) is 1. The lowest BCUT2D eigenvalue weighted by atomic mass is 10.0. The molecule has 2 aromatic heterocycles. The van der Waals surface area contributed by atoms with Crippen LogP contribution < -0.4 is 0 Å². The maximum absolute atomic E-state index is 12.8. The Morgan fingerprint density at radius 3 is 3.25 bits per heavy atom. The fourth-order valence-electron chi connectivity index (χ4n) is 3.71. The van der Waals surface area contributed by atoms with E-state index in [4.69, 9.17) is 4.74 Å². The Morgan fingerprint density at radius 2 is 2.42 bits per heavy atom. The summed E-state index contributed by atoms with van der Waals surface area (Å²) < 4.78 is 7.90. The number of hydrogen-bond donors (Lipinski definition) is 0. The van der Waals surface area contributed by atoms with Crippen molar-refractivity contribution in [3.63, 3.8) is 0 Å². The van der Waals surface area contributed by atoms with Crippen LogP contribution in [-0.2, 0) is 16.0 Å². The lowest BCUT2D eigenvalue weighted by Crippen LogP contribution is -2.41. The molecule has 0 bridgehead atoms. The molecule has 2 aliphatic rings. The highest BCUT2D eigenvalue weighted by molar-refractivity contribution is 7.10. The SMILES string of the molecule is Cc1cnn([C@H]2CCCN(C(=O)C[C@@H]3OCCc4sccc43)C2)c1. The van der Waals surface area contributed by atoms with E-state index in [1.807, 2.05) is 22.7 Å². The first kappa shape index (κ1) is 15.8. The Kier molecular flexibility index (Phi) is 4.41. The van der Waals surface area contributed by atoms with Crippen LogP contribution in [0.15, 0.2) is 23.8 Å². The molecule has 0 aromatic carbocycles.